The van der Waals surface area contributed by atoms with Crippen LogP contribution in [0.5, 0.6) is 0 Å². The van der Waals surface area contributed by atoms with Gasteiger partial charge in [-0.15, -0.1) is 0 Å². The molecule has 0 bridgehead atoms. The minimum absolute atomic E-state index is 0.182. The van der Waals surface area contributed by atoms with Crippen LogP contribution in [0.2, 0.25) is 0 Å². The van der Waals surface area contributed by atoms with Crippen LogP contribution in [-0.4, -0.2) is 24.7 Å². The Morgan fingerprint density at radius 2 is 2.00 bits per heavy atom. The minimum Gasteiger partial charge on any atom is -0.397 e. The second kappa shape index (κ2) is 6.28. The molecule has 114 valence electrons. The quantitative estimate of drug-likeness (QED) is 0.624. The number of hydrogen-bond acceptors (Lipinski definition) is 4. The predicted octanol–water partition coefficient (Wildman–Crippen LogP) is 1.45. The van der Waals surface area contributed by atoms with Crippen LogP contribution in [0.4, 0.5) is 5.69 Å². The molecule has 0 atom stereocenters. The molecule has 0 unspecified atom stereocenters. The third-order valence-electron chi connectivity index (χ3n) is 3.29. The second-order valence-electron chi connectivity index (χ2n) is 4.96. The van der Waals surface area contributed by atoms with Crippen LogP contribution < -0.4 is 10.5 Å². The summed E-state index contributed by atoms with van der Waals surface area (Å²) in [5.74, 6) is 0. The van der Waals surface area contributed by atoms with Crippen molar-refractivity contribution in [3.8, 4) is 0 Å². The molecule has 6 nitrogen and oxygen atoms in total. The highest BCUT2D eigenvalue weighted by Gasteiger charge is 2.20. The van der Waals surface area contributed by atoms with Crippen LogP contribution in [0.3, 0.4) is 0 Å². The molecule has 0 spiro atoms. The van der Waals surface area contributed by atoms with Gasteiger partial charge in [0.1, 0.15) is 4.90 Å². The van der Waals surface area contributed by atoms with Gasteiger partial charge < -0.3 is 5.73 Å². The summed E-state index contributed by atoms with van der Waals surface area (Å²) in [5.41, 5.74) is 7.64. The summed E-state index contributed by atoms with van der Waals surface area (Å²) in [4.78, 5) is 0.182. The first-order chi connectivity index (χ1) is 9.92. The fourth-order valence-electron chi connectivity index (χ4n) is 2.12. The lowest BCUT2D eigenvalue weighted by atomic mass is 10.1. The lowest BCUT2D eigenvalue weighted by Gasteiger charge is -2.13. The van der Waals surface area contributed by atoms with Crippen molar-refractivity contribution < 1.29 is 8.42 Å². The number of nitrogen functional groups attached to an aromatic ring is 1. The Morgan fingerprint density at radius 1 is 1.29 bits per heavy atom. The normalized spacial score (nSPS) is 11.7. The molecule has 7 heteroatoms. The van der Waals surface area contributed by atoms with Crippen molar-refractivity contribution in [2.24, 2.45) is 0 Å². The number of anilines is 1. The molecule has 0 saturated carbocycles. The lowest BCUT2D eigenvalue weighted by Crippen LogP contribution is -2.27. The highest BCUT2D eigenvalue weighted by Crippen LogP contribution is 2.25. The fraction of sp³-hybridized carbons (Fsp3) is 0.357. The molecule has 3 N–H and O–H groups in total. The minimum atomic E-state index is -3.59. The molecule has 0 aliphatic carbocycles. The first kappa shape index (κ1) is 15.5. The molecular weight excluding hydrogens is 288 g/mol. The molecular formula is C14H20N4O2S. The number of aromatic nitrogens is 2. The number of aryl methyl sites for hydroxylation is 3. The molecule has 0 aliphatic rings. The monoisotopic (exact) mass is 308 g/mol. The molecule has 1 aromatic heterocycles. The highest BCUT2D eigenvalue weighted by molar-refractivity contribution is 7.89. The zero-order valence-electron chi connectivity index (χ0n) is 12.2. The lowest BCUT2D eigenvalue weighted by molar-refractivity contribution is 0.553. The summed E-state index contributed by atoms with van der Waals surface area (Å²) in [5, 5.41) is 4.07. The predicted molar refractivity (Wildman–Crippen MR) is 82.4 cm³/mol. The molecule has 0 saturated heterocycles. The van der Waals surface area contributed by atoms with E-state index < -0.39 is 10.0 Å². The molecule has 2 aromatic rings. The van der Waals surface area contributed by atoms with E-state index in [4.69, 9.17) is 5.73 Å². The number of benzene rings is 1. The largest absolute Gasteiger partial charge is 0.397 e. The molecule has 0 aliphatic heterocycles. The second-order valence-corrected chi connectivity index (χ2v) is 6.67. The number of nitrogens with two attached hydrogens (primary N) is 1. The van der Waals surface area contributed by atoms with Gasteiger partial charge in [-0.05, 0) is 37.5 Å². The van der Waals surface area contributed by atoms with Crippen LogP contribution in [0.1, 0.15) is 17.5 Å². The van der Waals surface area contributed by atoms with Crippen LogP contribution in [0, 0.1) is 13.8 Å². The Kier molecular flexibility index (Phi) is 4.64. The van der Waals surface area contributed by atoms with E-state index in [1.165, 1.54) is 0 Å². The van der Waals surface area contributed by atoms with Gasteiger partial charge in [0.2, 0.25) is 10.0 Å². The standard InChI is InChI=1S/C14H20N4O2S/c1-11-5-6-12(2)14(13(11)15)21(19,20)17-8-4-10-18-9-3-7-16-18/h3,5-7,9,17H,4,8,10,15H2,1-2H3. The van der Waals surface area contributed by atoms with Gasteiger partial charge in [0.05, 0.1) is 5.69 Å². The van der Waals surface area contributed by atoms with Crippen molar-refractivity contribution in [1.82, 2.24) is 14.5 Å². The number of nitrogens with zero attached hydrogens (tertiary/aromatic N) is 2. The SMILES string of the molecule is Cc1ccc(C)c(S(=O)(=O)NCCCn2cccn2)c1N. The van der Waals surface area contributed by atoms with E-state index in [9.17, 15) is 8.42 Å². The molecule has 0 radical (unpaired) electrons. The van der Waals surface area contributed by atoms with E-state index in [0.717, 1.165) is 5.56 Å². The maximum absolute atomic E-state index is 12.4. The Labute approximate surface area is 125 Å². The summed E-state index contributed by atoms with van der Waals surface area (Å²) >= 11 is 0. The van der Waals surface area contributed by atoms with Gasteiger partial charge in [0.25, 0.3) is 0 Å². The molecule has 0 amide bonds. The van der Waals surface area contributed by atoms with Gasteiger partial charge in [-0.1, -0.05) is 12.1 Å². The number of rotatable bonds is 6. The van der Waals surface area contributed by atoms with Crippen LogP contribution in [0.15, 0.2) is 35.5 Å². The van der Waals surface area contributed by atoms with E-state index in [0.29, 0.717) is 30.8 Å². The number of sulfonamides is 1. The van der Waals surface area contributed by atoms with Gasteiger partial charge >= 0.3 is 0 Å². The van der Waals surface area contributed by atoms with E-state index >= 15 is 0 Å². The Hall–Kier alpha value is -1.86. The van der Waals surface area contributed by atoms with Crippen LogP contribution in [0.25, 0.3) is 0 Å². The molecule has 1 heterocycles. The maximum Gasteiger partial charge on any atom is 0.242 e. The molecule has 21 heavy (non-hydrogen) atoms. The number of hydrogen-bond donors (Lipinski definition) is 2. The topological polar surface area (TPSA) is 90.0 Å². The molecule has 2 rings (SSSR count). The van der Waals surface area contributed by atoms with Crippen LogP contribution >= 0.6 is 0 Å². The maximum atomic E-state index is 12.4. The van der Waals surface area contributed by atoms with Crippen molar-refractivity contribution in [1.29, 1.82) is 0 Å². The van der Waals surface area contributed by atoms with Crippen LogP contribution in [-0.2, 0) is 16.6 Å². The fourth-order valence-corrected chi connectivity index (χ4v) is 3.62. The number of nitrogens with one attached hydrogen (secondary N) is 1. The van der Waals surface area contributed by atoms with Crippen molar-refractivity contribution in [3.05, 3.63) is 41.7 Å². The van der Waals surface area contributed by atoms with E-state index in [1.807, 2.05) is 18.3 Å². The molecule has 0 fully saturated rings. The third-order valence-corrected chi connectivity index (χ3v) is 4.96. The van der Waals surface area contributed by atoms with Gasteiger partial charge in [-0.25, -0.2) is 13.1 Å². The smallest absolute Gasteiger partial charge is 0.242 e. The van der Waals surface area contributed by atoms with E-state index in [1.54, 1.807) is 30.8 Å². The van der Waals surface area contributed by atoms with E-state index in [-0.39, 0.29) is 4.90 Å². The van der Waals surface area contributed by atoms with Gasteiger partial charge in [0, 0.05) is 25.5 Å². The van der Waals surface area contributed by atoms with Gasteiger partial charge in [0.15, 0.2) is 0 Å². The first-order valence-electron chi connectivity index (χ1n) is 6.74. The molecule has 1 aromatic carbocycles. The summed E-state index contributed by atoms with van der Waals surface area (Å²) in [6.45, 7) is 4.55. The van der Waals surface area contributed by atoms with Crippen molar-refractivity contribution in [2.45, 2.75) is 31.7 Å². The highest BCUT2D eigenvalue weighted by atomic mass is 32.2. The van der Waals surface area contributed by atoms with Crippen molar-refractivity contribution in [2.75, 3.05) is 12.3 Å². The van der Waals surface area contributed by atoms with Crippen molar-refractivity contribution in [3.63, 3.8) is 0 Å². The average Bonchev–Trinajstić information content (AvgIpc) is 2.92. The summed E-state index contributed by atoms with van der Waals surface area (Å²) in [7, 11) is -3.59. The van der Waals surface area contributed by atoms with E-state index in [2.05, 4.69) is 9.82 Å². The third kappa shape index (κ3) is 3.62. The summed E-state index contributed by atoms with van der Waals surface area (Å²) in [6, 6.07) is 5.42. The summed E-state index contributed by atoms with van der Waals surface area (Å²) < 4.78 is 29.1. The Bertz CT molecular complexity index is 709. The Balaban J connectivity index is 2.04. The summed E-state index contributed by atoms with van der Waals surface area (Å²) in [6.07, 6.45) is 4.20. The van der Waals surface area contributed by atoms with Gasteiger partial charge in [-0.3, -0.25) is 4.68 Å². The first-order valence-corrected chi connectivity index (χ1v) is 8.23. The Morgan fingerprint density at radius 3 is 2.67 bits per heavy atom. The van der Waals surface area contributed by atoms with Gasteiger partial charge in [-0.2, -0.15) is 5.10 Å². The zero-order valence-corrected chi connectivity index (χ0v) is 13.0. The van der Waals surface area contributed by atoms with Crippen molar-refractivity contribution >= 4 is 15.7 Å². The average molecular weight is 308 g/mol. The zero-order chi connectivity index (χ0) is 15.5.